The fourth-order valence-corrected chi connectivity index (χ4v) is 2.43. The molecule has 0 radical (unpaired) electrons. The number of para-hydroxylation sites is 1. The number of pyridine rings is 1. The molecular weight excluding hydrogens is 265 g/mol. The molecule has 0 bridgehead atoms. The van der Waals surface area contributed by atoms with E-state index < -0.39 is 5.82 Å². The smallest absolute Gasteiger partial charge is 0.170 e. The molecule has 0 saturated heterocycles. The number of hydrogen-bond donors (Lipinski definition) is 0. The Balaban J connectivity index is 1.99. The van der Waals surface area contributed by atoms with Crippen LogP contribution in [-0.2, 0) is 6.42 Å². The molecule has 0 unspecified atom stereocenters. The van der Waals surface area contributed by atoms with Gasteiger partial charge in [0.2, 0.25) is 0 Å². The van der Waals surface area contributed by atoms with Gasteiger partial charge >= 0.3 is 0 Å². The van der Waals surface area contributed by atoms with Gasteiger partial charge in [0, 0.05) is 18.0 Å². The molecule has 2 aromatic carbocycles. The van der Waals surface area contributed by atoms with Crippen molar-refractivity contribution in [2.24, 2.45) is 0 Å². The molecule has 0 amide bonds. The highest BCUT2D eigenvalue weighted by atomic mass is 19.1. The van der Waals surface area contributed by atoms with E-state index in [0.29, 0.717) is 0 Å². The topological polar surface area (TPSA) is 30.0 Å². The summed E-state index contributed by atoms with van der Waals surface area (Å²) in [5.41, 5.74) is 2.73. The highest BCUT2D eigenvalue weighted by Gasteiger charge is 2.14. The number of carbonyl (C=O) groups is 1. The number of aromatic nitrogens is 1. The van der Waals surface area contributed by atoms with Gasteiger partial charge in [0.15, 0.2) is 5.78 Å². The Morgan fingerprint density at radius 2 is 1.95 bits per heavy atom. The van der Waals surface area contributed by atoms with Crippen molar-refractivity contribution in [3.8, 4) is 0 Å². The number of fused-ring (bicyclic) bond motifs is 1. The van der Waals surface area contributed by atoms with Crippen LogP contribution in [-0.4, -0.2) is 10.8 Å². The minimum absolute atomic E-state index is 0.149. The van der Waals surface area contributed by atoms with E-state index in [9.17, 15) is 9.18 Å². The number of Topliss-reactive ketones (excluding diaryl/α,β-unsaturated/α-hetero) is 1. The van der Waals surface area contributed by atoms with Gasteiger partial charge in [-0.1, -0.05) is 29.8 Å². The van der Waals surface area contributed by atoms with Gasteiger partial charge in [-0.15, -0.1) is 0 Å². The van der Waals surface area contributed by atoms with Crippen LogP contribution in [0.15, 0.2) is 54.7 Å². The lowest BCUT2D eigenvalue weighted by Crippen LogP contribution is -2.07. The van der Waals surface area contributed by atoms with Crippen molar-refractivity contribution in [1.29, 1.82) is 0 Å². The van der Waals surface area contributed by atoms with Crippen LogP contribution in [0.5, 0.6) is 0 Å². The maximum Gasteiger partial charge on any atom is 0.170 e. The Hall–Kier alpha value is -2.55. The lowest BCUT2D eigenvalue weighted by Gasteiger charge is -2.07. The van der Waals surface area contributed by atoms with E-state index in [2.05, 4.69) is 4.98 Å². The van der Waals surface area contributed by atoms with E-state index in [1.165, 1.54) is 6.07 Å². The lowest BCUT2D eigenvalue weighted by molar-refractivity contribution is 0.0989. The van der Waals surface area contributed by atoms with Gasteiger partial charge in [-0.25, -0.2) is 4.39 Å². The molecule has 0 saturated carbocycles. The zero-order chi connectivity index (χ0) is 14.8. The van der Waals surface area contributed by atoms with Crippen LogP contribution in [0.1, 0.15) is 21.5 Å². The van der Waals surface area contributed by atoms with E-state index in [1.807, 2.05) is 37.3 Å². The third-order valence-corrected chi connectivity index (χ3v) is 3.51. The summed E-state index contributed by atoms with van der Waals surface area (Å²) in [7, 11) is 0. The van der Waals surface area contributed by atoms with Crippen LogP contribution >= 0.6 is 0 Å². The Morgan fingerprint density at radius 1 is 1.14 bits per heavy atom. The molecule has 0 spiro atoms. The third kappa shape index (κ3) is 2.68. The van der Waals surface area contributed by atoms with Crippen LogP contribution in [0.4, 0.5) is 4.39 Å². The SMILES string of the molecule is Cc1ccc(F)c(C(=O)Cc2ccnc3ccccc23)c1. The fourth-order valence-electron chi connectivity index (χ4n) is 2.43. The van der Waals surface area contributed by atoms with E-state index >= 15 is 0 Å². The van der Waals surface area contributed by atoms with Gasteiger partial charge in [-0.2, -0.15) is 0 Å². The largest absolute Gasteiger partial charge is 0.294 e. The second kappa shape index (κ2) is 5.44. The third-order valence-electron chi connectivity index (χ3n) is 3.51. The normalized spacial score (nSPS) is 10.8. The second-order valence-electron chi connectivity index (χ2n) is 5.07. The maximum absolute atomic E-state index is 13.8. The van der Waals surface area contributed by atoms with Crippen molar-refractivity contribution in [2.45, 2.75) is 13.3 Å². The summed E-state index contributed by atoms with van der Waals surface area (Å²) in [5.74, 6) is -0.684. The van der Waals surface area contributed by atoms with Crippen LogP contribution < -0.4 is 0 Å². The molecule has 0 aliphatic rings. The van der Waals surface area contributed by atoms with Crippen LogP contribution in [0.25, 0.3) is 10.9 Å². The molecule has 0 aliphatic carbocycles. The molecule has 1 heterocycles. The summed E-state index contributed by atoms with van der Waals surface area (Å²) >= 11 is 0. The molecule has 0 aliphatic heterocycles. The van der Waals surface area contributed by atoms with Crippen molar-refractivity contribution in [3.63, 3.8) is 0 Å². The summed E-state index contributed by atoms with van der Waals surface area (Å²) in [6.07, 6.45) is 1.85. The van der Waals surface area contributed by atoms with Crippen molar-refractivity contribution < 1.29 is 9.18 Å². The molecular formula is C18H14FNO. The lowest BCUT2D eigenvalue weighted by atomic mass is 9.99. The number of rotatable bonds is 3. The molecule has 3 rings (SSSR count). The first kappa shape index (κ1) is 13.4. The minimum Gasteiger partial charge on any atom is -0.294 e. The predicted molar refractivity (Wildman–Crippen MR) is 80.9 cm³/mol. The Kier molecular flexibility index (Phi) is 3.48. The average molecular weight is 279 g/mol. The molecule has 0 fully saturated rings. The van der Waals surface area contributed by atoms with Crippen LogP contribution in [0, 0.1) is 12.7 Å². The molecule has 104 valence electrons. The first-order valence-corrected chi connectivity index (χ1v) is 6.77. The standard InChI is InChI=1S/C18H14FNO/c1-12-6-7-16(19)15(10-12)18(21)11-13-8-9-20-17-5-3-2-4-14(13)17/h2-10H,11H2,1H3. The Morgan fingerprint density at radius 3 is 2.81 bits per heavy atom. The molecule has 3 aromatic rings. The summed E-state index contributed by atoms with van der Waals surface area (Å²) in [5, 5.41) is 0.932. The zero-order valence-electron chi connectivity index (χ0n) is 11.6. The summed E-state index contributed by atoms with van der Waals surface area (Å²) in [6, 6.07) is 14.1. The number of nitrogens with zero attached hydrogens (tertiary/aromatic N) is 1. The van der Waals surface area contributed by atoms with Gasteiger partial charge in [0.1, 0.15) is 5.82 Å². The first-order valence-electron chi connectivity index (χ1n) is 6.77. The molecule has 0 atom stereocenters. The number of aryl methyl sites for hydroxylation is 1. The average Bonchev–Trinajstić information content (AvgIpc) is 2.50. The van der Waals surface area contributed by atoms with Crippen molar-refractivity contribution in [1.82, 2.24) is 4.98 Å². The minimum atomic E-state index is -0.469. The van der Waals surface area contributed by atoms with Crippen LogP contribution in [0.3, 0.4) is 0 Å². The van der Waals surface area contributed by atoms with E-state index in [1.54, 1.807) is 18.3 Å². The van der Waals surface area contributed by atoms with Crippen molar-refractivity contribution >= 4 is 16.7 Å². The maximum atomic E-state index is 13.8. The Bertz CT molecular complexity index is 821. The number of ketones is 1. The highest BCUT2D eigenvalue weighted by Crippen LogP contribution is 2.19. The van der Waals surface area contributed by atoms with Gasteiger partial charge in [0.25, 0.3) is 0 Å². The zero-order valence-corrected chi connectivity index (χ0v) is 11.6. The fraction of sp³-hybridized carbons (Fsp3) is 0.111. The first-order chi connectivity index (χ1) is 10.1. The van der Waals surface area contributed by atoms with Crippen molar-refractivity contribution in [2.75, 3.05) is 0 Å². The number of halogens is 1. The summed E-state index contributed by atoms with van der Waals surface area (Å²) in [6.45, 7) is 1.85. The second-order valence-corrected chi connectivity index (χ2v) is 5.07. The van der Waals surface area contributed by atoms with Gasteiger partial charge in [0.05, 0.1) is 11.1 Å². The quantitative estimate of drug-likeness (QED) is 0.675. The van der Waals surface area contributed by atoms with Gasteiger partial charge in [-0.05, 0) is 36.8 Å². The monoisotopic (exact) mass is 279 g/mol. The van der Waals surface area contributed by atoms with E-state index in [0.717, 1.165) is 22.0 Å². The summed E-state index contributed by atoms with van der Waals surface area (Å²) < 4.78 is 13.8. The van der Waals surface area contributed by atoms with E-state index in [4.69, 9.17) is 0 Å². The molecule has 21 heavy (non-hydrogen) atoms. The van der Waals surface area contributed by atoms with Crippen molar-refractivity contribution in [3.05, 3.63) is 77.2 Å². The molecule has 3 heteroatoms. The predicted octanol–water partition coefficient (Wildman–Crippen LogP) is 4.11. The summed E-state index contributed by atoms with van der Waals surface area (Å²) in [4.78, 5) is 16.6. The van der Waals surface area contributed by atoms with Crippen LogP contribution in [0.2, 0.25) is 0 Å². The molecule has 2 nitrogen and oxygen atoms in total. The molecule has 0 N–H and O–H groups in total. The van der Waals surface area contributed by atoms with Gasteiger partial charge < -0.3 is 0 Å². The number of benzene rings is 2. The molecule has 1 aromatic heterocycles. The number of carbonyl (C=O) groups excluding carboxylic acids is 1. The van der Waals surface area contributed by atoms with Gasteiger partial charge in [-0.3, -0.25) is 9.78 Å². The highest BCUT2D eigenvalue weighted by molar-refractivity contribution is 6.00. The Labute approximate surface area is 122 Å². The van der Waals surface area contributed by atoms with E-state index in [-0.39, 0.29) is 17.8 Å². The number of hydrogen-bond acceptors (Lipinski definition) is 2.